The van der Waals surface area contributed by atoms with Crippen molar-refractivity contribution >= 4 is 17.6 Å². The van der Waals surface area contributed by atoms with Crippen LogP contribution in [-0.4, -0.2) is 18.1 Å². The van der Waals surface area contributed by atoms with Crippen molar-refractivity contribution in [2.75, 3.05) is 7.11 Å². The predicted octanol–water partition coefficient (Wildman–Crippen LogP) is 1.40. The molecule has 5 heteroatoms. The summed E-state index contributed by atoms with van der Waals surface area (Å²) in [5.41, 5.74) is 0.150. The fourth-order valence-electron chi connectivity index (χ4n) is 0.680. The summed E-state index contributed by atoms with van der Waals surface area (Å²) < 4.78 is 16.9. The normalized spacial score (nSPS) is 8.79. The molecule has 0 atom stereocenters. The minimum Gasteiger partial charge on any atom is -0.459 e. The highest BCUT2D eigenvalue weighted by Gasteiger charge is 2.00. The molecule has 0 saturated carbocycles. The van der Waals surface area contributed by atoms with Crippen LogP contribution in [0.5, 0.6) is 0 Å². The van der Waals surface area contributed by atoms with Crippen molar-refractivity contribution in [3.05, 3.63) is 28.8 Å². The molecule has 1 aromatic heterocycles. The number of hydrogen-bond donors (Lipinski definition) is 0. The van der Waals surface area contributed by atoms with Gasteiger partial charge in [-0.05, 0) is 6.07 Å². The van der Waals surface area contributed by atoms with Crippen molar-refractivity contribution in [1.82, 2.24) is 4.98 Å². The summed E-state index contributed by atoms with van der Waals surface area (Å²) in [7, 11) is 1.20. The number of ether oxygens (including phenoxy) is 1. The van der Waals surface area contributed by atoms with E-state index in [0.29, 0.717) is 0 Å². The van der Waals surface area contributed by atoms with Gasteiger partial charge in [0, 0.05) is 5.92 Å². The van der Waals surface area contributed by atoms with Crippen LogP contribution in [0.4, 0.5) is 4.39 Å². The third kappa shape index (κ3) is 2.71. The first-order valence-electron chi connectivity index (χ1n) is 3.54. The second-order valence-electron chi connectivity index (χ2n) is 2.23. The molecule has 1 heterocycles. The van der Waals surface area contributed by atoms with Crippen molar-refractivity contribution in [2.24, 2.45) is 0 Å². The second-order valence-corrected chi connectivity index (χ2v) is 2.59. The molecular formula is C9H5ClFNO2. The molecular weight excluding hydrogens is 209 g/mol. The summed E-state index contributed by atoms with van der Waals surface area (Å²) >= 11 is 5.59. The van der Waals surface area contributed by atoms with E-state index >= 15 is 0 Å². The van der Waals surface area contributed by atoms with Crippen LogP contribution in [0.3, 0.4) is 0 Å². The van der Waals surface area contributed by atoms with Crippen LogP contribution < -0.4 is 0 Å². The summed E-state index contributed by atoms with van der Waals surface area (Å²) in [6.45, 7) is 0. The average Bonchev–Trinajstić information content (AvgIpc) is 2.19. The Morgan fingerprint density at radius 2 is 2.43 bits per heavy atom. The van der Waals surface area contributed by atoms with Crippen LogP contribution >= 0.6 is 11.6 Å². The molecule has 1 aromatic rings. The van der Waals surface area contributed by atoms with E-state index in [2.05, 4.69) is 21.6 Å². The lowest BCUT2D eigenvalue weighted by atomic mass is 10.3. The van der Waals surface area contributed by atoms with E-state index in [1.165, 1.54) is 7.11 Å². The molecule has 14 heavy (non-hydrogen) atoms. The lowest BCUT2D eigenvalue weighted by Gasteiger charge is -1.93. The van der Waals surface area contributed by atoms with Gasteiger partial charge >= 0.3 is 5.97 Å². The summed E-state index contributed by atoms with van der Waals surface area (Å²) in [6, 6.07) is 1.09. The maximum Gasteiger partial charge on any atom is 0.384 e. The lowest BCUT2D eigenvalue weighted by molar-refractivity contribution is -0.133. The SMILES string of the molecule is COC(=O)C#Cc1cc(F)cnc1Cl. The molecule has 0 aliphatic rings. The standard InChI is InChI=1S/C9H5ClFNO2/c1-14-8(13)3-2-6-4-7(11)5-12-9(6)10/h4-5H,1H3. The van der Waals surface area contributed by atoms with Gasteiger partial charge < -0.3 is 4.74 Å². The van der Waals surface area contributed by atoms with E-state index in [1.54, 1.807) is 0 Å². The third-order valence-corrected chi connectivity index (χ3v) is 1.59. The Kier molecular flexibility index (Phi) is 3.43. The number of carbonyl (C=O) groups excluding carboxylic acids is 1. The number of halogens is 2. The van der Waals surface area contributed by atoms with Gasteiger partial charge in [-0.15, -0.1) is 0 Å². The van der Waals surface area contributed by atoms with Gasteiger partial charge in [-0.2, -0.15) is 0 Å². The van der Waals surface area contributed by atoms with Crippen molar-refractivity contribution in [3.63, 3.8) is 0 Å². The molecule has 0 amide bonds. The Bertz CT molecular complexity index is 423. The summed E-state index contributed by atoms with van der Waals surface area (Å²) in [4.78, 5) is 14.1. The predicted molar refractivity (Wildman–Crippen MR) is 48.1 cm³/mol. The van der Waals surface area contributed by atoms with Crippen molar-refractivity contribution in [1.29, 1.82) is 0 Å². The fraction of sp³-hybridized carbons (Fsp3) is 0.111. The zero-order chi connectivity index (χ0) is 10.6. The van der Waals surface area contributed by atoms with E-state index in [1.807, 2.05) is 0 Å². The van der Waals surface area contributed by atoms with Crippen LogP contribution in [0.2, 0.25) is 5.15 Å². The van der Waals surface area contributed by atoms with Gasteiger partial charge in [-0.3, -0.25) is 0 Å². The van der Waals surface area contributed by atoms with Crippen LogP contribution in [0.15, 0.2) is 12.3 Å². The highest BCUT2D eigenvalue weighted by molar-refractivity contribution is 6.30. The first-order valence-corrected chi connectivity index (χ1v) is 3.92. The van der Waals surface area contributed by atoms with Crippen molar-refractivity contribution in [3.8, 4) is 11.8 Å². The third-order valence-electron chi connectivity index (χ3n) is 1.29. The monoisotopic (exact) mass is 213 g/mol. The van der Waals surface area contributed by atoms with Crippen LogP contribution in [0.25, 0.3) is 0 Å². The number of esters is 1. The topological polar surface area (TPSA) is 39.2 Å². The van der Waals surface area contributed by atoms with E-state index < -0.39 is 11.8 Å². The van der Waals surface area contributed by atoms with Gasteiger partial charge in [0.25, 0.3) is 0 Å². The largest absolute Gasteiger partial charge is 0.459 e. The average molecular weight is 214 g/mol. The number of pyridine rings is 1. The quantitative estimate of drug-likeness (QED) is 0.372. The number of nitrogens with zero attached hydrogens (tertiary/aromatic N) is 1. The first kappa shape index (κ1) is 10.5. The van der Waals surface area contributed by atoms with Gasteiger partial charge in [-0.25, -0.2) is 14.2 Å². The molecule has 0 unspecified atom stereocenters. The Morgan fingerprint density at radius 3 is 3.07 bits per heavy atom. The number of carbonyl (C=O) groups is 1. The van der Waals surface area contributed by atoms with Crippen LogP contribution in [-0.2, 0) is 9.53 Å². The molecule has 0 aliphatic carbocycles. The second kappa shape index (κ2) is 4.58. The molecule has 0 aliphatic heterocycles. The molecule has 72 valence electrons. The molecule has 0 fully saturated rings. The van der Waals surface area contributed by atoms with Crippen LogP contribution in [0, 0.1) is 17.7 Å². The Labute approximate surface area is 84.9 Å². The van der Waals surface area contributed by atoms with E-state index in [0.717, 1.165) is 12.3 Å². The van der Waals surface area contributed by atoms with E-state index in [4.69, 9.17) is 11.6 Å². The highest BCUT2D eigenvalue weighted by Crippen LogP contribution is 2.11. The first-order chi connectivity index (χ1) is 6.63. The molecule has 0 saturated heterocycles. The van der Waals surface area contributed by atoms with E-state index in [9.17, 15) is 9.18 Å². The number of methoxy groups -OCH3 is 1. The summed E-state index contributed by atoms with van der Waals surface area (Å²) in [5.74, 6) is 3.18. The maximum absolute atomic E-state index is 12.6. The summed E-state index contributed by atoms with van der Waals surface area (Å²) in [6.07, 6.45) is 0.964. The lowest BCUT2D eigenvalue weighted by Crippen LogP contribution is -1.95. The summed E-state index contributed by atoms with van der Waals surface area (Å²) in [5, 5.41) is 0.0443. The Hall–Kier alpha value is -1.60. The molecule has 0 bridgehead atoms. The molecule has 0 spiro atoms. The van der Waals surface area contributed by atoms with Gasteiger partial charge in [0.1, 0.15) is 11.0 Å². The zero-order valence-corrected chi connectivity index (χ0v) is 7.93. The van der Waals surface area contributed by atoms with Gasteiger partial charge in [-0.1, -0.05) is 17.5 Å². The van der Waals surface area contributed by atoms with Crippen molar-refractivity contribution < 1.29 is 13.9 Å². The molecule has 3 nitrogen and oxygen atoms in total. The molecule has 0 N–H and O–H groups in total. The Balaban J connectivity index is 3.00. The molecule has 0 radical (unpaired) electrons. The number of hydrogen-bond acceptors (Lipinski definition) is 3. The highest BCUT2D eigenvalue weighted by atomic mass is 35.5. The Morgan fingerprint density at radius 1 is 1.71 bits per heavy atom. The number of aromatic nitrogens is 1. The zero-order valence-electron chi connectivity index (χ0n) is 7.17. The smallest absolute Gasteiger partial charge is 0.384 e. The number of rotatable bonds is 0. The minimum atomic E-state index is -0.717. The maximum atomic E-state index is 12.6. The van der Waals surface area contributed by atoms with Gasteiger partial charge in [0.05, 0.1) is 18.9 Å². The fourth-order valence-corrected chi connectivity index (χ4v) is 0.830. The van der Waals surface area contributed by atoms with Gasteiger partial charge in [0.15, 0.2) is 0 Å². The minimum absolute atomic E-state index is 0.0443. The van der Waals surface area contributed by atoms with Gasteiger partial charge in [0.2, 0.25) is 0 Å². The van der Waals surface area contributed by atoms with E-state index in [-0.39, 0.29) is 10.7 Å². The van der Waals surface area contributed by atoms with Crippen molar-refractivity contribution in [2.45, 2.75) is 0 Å². The molecule has 0 aromatic carbocycles. The van der Waals surface area contributed by atoms with Crippen LogP contribution in [0.1, 0.15) is 5.56 Å². The molecule has 1 rings (SSSR count).